The summed E-state index contributed by atoms with van der Waals surface area (Å²) in [7, 11) is 1.96. The van der Waals surface area contributed by atoms with E-state index in [1.807, 2.05) is 31.4 Å². The van der Waals surface area contributed by atoms with Crippen LogP contribution in [0, 0.1) is 5.82 Å². The van der Waals surface area contributed by atoms with Crippen LogP contribution in [0.15, 0.2) is 41.0 Å². The second kappa shape index (κ2) is 6.24. The summed E-state index contributed by atoms with van der Waals surface area (Å²) in [5.74, 6) is 0.105. The molecule has 1 N–H and O–H groups in total. The minimum atomic E-state index is -0.226. The van der Waals surface area contributed by atoms with Crippen molar-refractivity contribution in [2.75, 3.05) is 7.05 Å². The third-order valence-corrected chi connectivity index (χ3v) is 4.86. The van der Waals surface area contributed by atoms with E-state index in [2.05, 4.69) is 32.3 Å². The summed E-state index contributed by atoms with van der Waals surface area (Å²) in [4.78, 5) is 4.61. The zero-order chi connectivity index (χ0) is 14.8. The van der Waals surface area contributed by atoms with Gasteiger partial charge in [0.05, 0.1) is 4.47 Å². The number of hydrogen-bond acceptors (Lipinski definition) is 2. The highest BCUT2D eigenvalue weighted by atomic mass is 79.9. The van der Waals surface area contributed by atoms with Crippen LogP contribution in [0.5, 0.6) is 0 Å². The van der Waals surface area contributed by atoms with Gasteiger partial charge in [0.25, 0.3) is 0 Å². The Morgan fingerprint density at radius 3 is 3.00 bits per heavy atom. The normalized spacial score (nSPS) is 19.1. The molecule has 0 fully saturated rings. The second-order valence-electron chi connectivity index (χ2n) is 5.49. The summed E-state index contributed by atoms with van der Waals surface area (Å²) >= 11 is 3.28. The smallest absolute Gasteiger partial charge is 0.137 e. The molecular weight excluding hydrogens is 331 g/mol. The Morgan fingerprint density at radius 2 is 2.24 bits per heavy atom. The van der Waals surface area contributed by atoms with Crippen LogP contribution >= 0.6 is 15.9 Å². The van der Waals surface area contributed by atoms with Gasteiger partial charge in [0.1, 0.15) is 5.82 Å². The molecule has 2 aromatic rings. The topological polar surface area (TPSA) is 24.9 Å². The summed E-state index contributed by atoms with van der Waals surface area (Å²) < 4.78 is 14.0. The van der Waals surface area contributed by atoms with Gasteiger partial charge in [-0.2, -0.15) is 0 Å². The van der Waals surface area contributed by atoms with Gasteiger partial charge in [-0.1, -0.05) is 12.1 Å². The van der Waals surface area contributed by atoms with Crippen LogP contribution in [0.1, 0.15) is 41.6 Å². The standard InChI is InChI=1S/C17H18BrFN2/c1-20-16(12-7-8-15(19)14(18)10-12)13-6-2-4-11-5-3-9-21-17(11)13/h3,5,7-10,13,16,20H,2,4,6H2,1H3. The Hall–Kier alpha value is -1.26. The van der Waals surface area contributed by atoms with Gasteiger partial charge in [0, 0.05) is 23.9 Å². The number of nitrogens with zero attached hydrogens (tertiary/aromatic N) is 1. The predicted molar refractivity (Wildman–Crippen MR) is 85.8 cm³/mol. The average molecular weight is 349 g/mol. The van der Waals surface area contributed by atoms with E-state index in [1.54, 1.807) is 0 Å². The van der Waals surface area contributed by atoms with Crippen LogP contribution in [0.25, 0.3) is 0 Å². The van der Waals surface area contributed by atoms with Crippen molar-refractivity contribution >= 4 is 15.9 Å². The minimum Gasteiger partial charge on any atom is -0.312 e. The Bertz CT molecular complexity index is 644. The number of aromatic nitrogens is 1. The third-order valence-electron chi connectivity index (χ3n) is 4.25. The number of aryl methyl sites for hydroxylation is 1. The Kier molecular flexibility index (Phi) is 4.36. The van der Waals surface area contributed by atoms with Crippen LogP contribution in [0.2, 0.25) is 0 Å². The Labute approximate surface area is 132 Å². The van der Waals surface area contributed by atoms with E-state index >= 15 is 0 Å². The van der Waals surface area contributed by atoms with E-state index in [1.165, 1.54) is 23.7 Å². The Morgan fingerprint density at radius 1 is 1.38 bits per heavy atom. The first-order valence-corrected chi connectivity index (χ1v) is 8.06. The molecule has 0 saturated heterocycles. The molecule has 2 nitrogen and oxygen atoms in total. The molecule has 3 rings (SSSR count). The van der Waals surface area contributed by atoms with Crippen LogP contribution in [-0.4, -0.2) is 12.0 Å². The lowest BCUT2D eigenvalue weighted by Crippen LogP contribution is -2.27. The number of fused-ring (bicyclic) bond motifs is 1. The zero-order valence-electron chi connectivity index (χ0n) is 11.9. The lowest BCUT2D eigenvalue weighted by Gasteiger charge is -2.31. The average Bonchev–Trinajstić information content (AvgIpc) is 2.52. The second-order valence-corrected chi connectivity index (χ2v) is 6.34. The molecule has 1 aromatic carbocycles. The fourth-order valence-corrected chi connectivity index (χ4v) is 3.67. The fraction of sp³-hybridized carbons (Fsp3) is 0.353. The summed E-state index contributed by atoms with van der Waals surface area (Å²) in [5, 5.41) is 3.39. The maximum absolute atomic E-state index is 13.5. The van der Waals surface area contributed by atoms with Crippen molar-refractivity contribution in [3.05, 3.63) is 63.6 Å². The van der Waals surface area contributed by atoms with Crippen molar-refractivity contribution in [1.29, 1.82) is 0 Å². The highest BCUT2D eigenvalue weighted by Gasteiger charge is 2.29. The van der Waals surface area contributed by atoms with Gasteiger partial charge in [-0.05, 0) is 71.6 Å². The molecule has 2 unspecified atom stereocenters. The summed E-state index contributed by atoms with van der Waals surface area (Å²) in [6, 6.07) is 9.57. The SMILES string of the molecule is CNC(c1ccc(F)c(Br)c1)C1CCCc2cccnc21. The molecule has 2 atom stereocenters. The number of benzene rings is 1. The molecule has 1 heterocycles. The lowest BCUT2D eigenvalue weighted by atomic mass is 9.79. The Balaban J connectivity index is 1.99. The molecule has 21 heavy (non-hydrogen) atoms. The number of likely N-dealkylation sites (N-methyl/N-ethyl adjacent to an activating group) is 1. The van der Waals surface area contributed by atoms with Gasteiger partial charge in [0.15, 0.2) is 0 Å². The third kappa shape index (κ3) is 2.87. The van der Waals surface area contributed by atoms with Crippen molar-refractivity contribution in [3.8, 4) is 0 Å². The first kappa shape index (κ1) is 14.7. The maximum Gasteiger partial charge on any atom is 0.137 e. The quantitative estimate of drug-likeness (QED) is 0.890. The lowest BCUT2D eigenvalue weighted by molar-refractivity contribution is 0.415. The first-order chi connectivity index (χ1) is 10.2. The van der Waals surface area contributed by atoms with Gasteiger partial charge in [-0.25, -0.2) is 4.39 Å². The van der Waals surface area contributed by atoms with E-state index < -0.39 is 0 Å². The van der Waals surface area contributed by atoms with Gasteiger partial charge in [-0.3, -0.25) is 4.98 Å². The number of halogens is 2. The molecule has 0 bridgehead atoms. The molecule has 1 aliphatic carbocycles. The number of hydrogen-bond donors (Lipinski definition) is 1. The highest BCUT2D eigenvalue weighted by molar-refractivity contribution is 9.10. The molecule has 1 aromatic heterocycles. The first-order valence-electron chi connectivity index (χ1n) is 7.26. The van der Waals surface area contributed by atoms with Gasteiger partial charge in [-0.15, -0.1) is 0 Å². The fourth-order valence-electron chi connectivity index (χ4n) is 3.28. The van der Waals surface area contributed by atoms with Crippen LogP contribution < -0.4 is 5.32 Å². The molecule has 0 amide bonds. The van der Waals surface area contributed by atoms with Crippen LogP contribution in [0.4, 0.5) is 4.39 Å². The number of rotatable bonds is 3. The van der Waals surface area contributed by atoms with Gasteiger partial charge in [0.2, 0.25) is 0 Å². The summed E-state index contributed by atoms with van der Waals surface area (Å²) in [6.07, 6.45) is 5.24. The minimum absolute atomic E-state index is 0.149. The van der Waals surface area contributed by atoms with Crippen LogP contribution in [0.3, 0.4) is 0 Å². The predicted octanol–water partition coefficient (Wildman–Crippen LogP) is 4.36. The molecule has 0 spiro atoms. The molecule has 0 aliphatic heterocycles. The molecule has 110 valence electrons. The van der Waals surface area contributed by atoms with Gasteiger partial charge >= 0.3 is 0 Å². The monoisotopic (exact) mass is 348 g/mol. The van der Waals surface area contributed by atoms with Crippen molar-refractivity contribution in [2.45, 2.75) is 31.2 Å². The molecule has 0 saturated carbocycles. The van der Waals surface area contributed by atoms with Crippen molar-refractivity contribution < 1.29 is 4.39 Å². The van der Waals surface area contributed by atoms with E-state index in [9.17, 15) is 4.39 Å². The van der Waals surface area contributed by atoms with E-state index in [0.29, 0.717) is 10.4 Å². The van der Waals surface area contributed by atoms with E-state index in [-0.39, 0.29) is 11.9 Å². The number of nitrogens with one attached hydrogen (secondary N) is 1. The largest absolute Gasteiger partial charge is 0.312 e. The summed E-state index contributed by atoms with van der Waals surface area (Å²) in [5.41, 5.74) is 3.62. The maximum atomic E-state index is 13.5. The molecular formula is C17H18BrFN2. The molecule has 1 aliphatic rings. The highest BCUT2D eigenvalue weighted by Crippen LogP contribution is 2.39. The number of pyridine rings is 1. The van der Waals surface area contributed by atoms with Crippen molar-refractivity contribution in [2.24, 2.45) is 0 Å². The van der Waals surface area contributed by atoms with Crippen molar-refractivity contribution in [3.63, 3.8) is 0 Å². The zero-order valence-corrected chi connectivity index (χ0v) is 13.5. The van der Waals surface area contributed by atoms with Gasteiger partial charge < -0.3 is 5.32 Å². The molecule has 0 radical (unpaired) electrons. The van der Waals surface area contributed by atoms with E-state index in [4.69, 9.17) is 0 Å². The van der Waals surface area contributed by atoms with Crippen LogP contribution in [-0.2, 0) is 6.42 Å². The van der Waals surface area contributed by atoms with E-state index in [0.717, 1.165) is 18.4 Å². The van der Waals surface area contributed by atoms with Crippen molar-refractivity contribution in [1.82, 2.24) is 10.3 Å². The summed E-state index contributed by atoms with van der Waals surface area (Å²) in [6.45, 7) is 0. The molecule has 4 heteroatoms.